The molecule has 0 fully saturated rings. The van der Waals surface area contributed by atoms with Crippen molar-refractivity contribution in [3.8, 4) is 18.0 Å². The van der Waals surface area contributed by atoms with E-state index in [2.05, 4.69) is 16.1 Å². The van der Waals surface area contributed by atoms with Crippen LogP contribution in [0.25, 0.3) is 5.69 Å². The molecule has 0 radical (unpaired) electrons. The van der Waals surface area contributed by atoms with Crippen molar-refractivity contribution in [3.05, 3.63) is 69.5 Å². The molecule has 1 aliphatic heterocycles. The molecular weight excluding hydrogens is 467 g/mol. The molecule has 4 rings (SSSR count). The molecule has 2 aromatic carbocycles. The largest absolute Gasteiger partial charge is 0.469 e. The van der Waals surface area contributed by atoms with Crippen LogP contribution in [0.3, 0.4) is 0 Å². The van der Waals surface area contributed by atoms with Crippen LogP contribution in [0.2, 0.25) is 10.0 Å². The Labute approximate surface area is 200 Å². The summed E-state index contributed by atoms with van der Waals surface area (Å²) in [5.41, 5.74) is 3.03. The summed E-state index contributed by atoms with van der Waals surface area (Å²) < 4.78 is 6.77. The van der Waals surface area contributed by atoms with Gasteiger partial charge in [0.25, 0.3) is 0 Å². The van der Waals surface area contributed by atoms with E-state index in [9.17, 15) is 4.79 Å². The van der Waals surface area contributed by atoms with Crippen LogP contribution in [-0.2, 0) is 9.53 Å². The Morgan fingerprint density at radius 1 is 1.22 bits per heavy atom. The van der Waals surface area contributed by atoms with Crippen LogP contribution in [0, 0.1) is 12.3 Å². The van der Waals surface area contributed by atoms with Crippen molar-refractivity contribution in [1.29, 1.82) is 0 Å². The minimum Gasteiger partial charge on any atom is -0.469 e. The van der Waals surface area contributed by atoms with E-state index in [0.717, 1.165) is 16.8 Å². The lowest BCUT2D eigenvalue weighted by Crippen LogP contribution is -2.09. The number of nitrogens with zero attached hydrogens (tertiary/aromatic N) is 4. The number of aliphatic imine (C=N–C) groups is 1. The second-order valence-corrected chi connectivity index (χ2v) is 8.70. The third kappa shape index (κ3) is 4.40. The maximum Gasteiger partial charge on any atom is 0.305 e. The molecule has 32 heavy (non-hydrogen) atoms. The number of hydrogen-bond acceptors (Lipinski definition) is 6. The zero-order valence-corrected chi connectivity index (χ0v) is 19.4. The quantitative estimate of drug-likeness (QED) is 0.275. The highest BCUT2D eigenvalue weighted by Crippen LogP contribution is 2.37. The fourth-order valence-corrected chi connectivity index (χ4v) is 4.55. The lowest BCUT2D eigenvalue weighted by atomic mass is 10.00. The van der Waals surface area contributed by atoms with Gasteiger partial charge in [0, 0.05) is 27.6 Å². The molecular formula is C23H18Cl2N4O2S. The normalized spacial score (nSPS) is 14.6. The third-order valence-electron chi connectivity index (χ3n) is 4.96. The van der Waals surface area contributed by atoms with Gasteiger partial charge in [0.15, 0.2) is 11.0 Å². The number of halogens is 2. The topological polar surface area (TPSA) is 69.4 Å². The molecule has 0 spiro atoms. The van der Waals surface area contributed by atoms with Crippen LogP contribution < -0.4 is 0 Å². The minimum absolute atomic E-state index is 0.178. The van der Waals surface area contributed by atoms with Gasteiger partial charge >= 0.3 is 5.97 Å². The monoisotopic (exact) mass is 484 g/mol. The van der Waals surface area contributed by atoms with Gasteiger partial charge in [-0.1, -0.05) is 59.1 Å². The number of thioether (sulfide) groups is 1. The first kappa shape index (κ1) is 22.4. The van der Waals surface area contributed by atoms with E-state index >= 15 is 0 Å². The molecule has 0 aliphatic carbocycles. The van der Waals surface area contributed by atoms with Crippen molar-refractivity contribution in [3.63, 3.8) is 0 Å². The van der Waals surface area contributed by atoms with Gasteiger partial charge in [-0.3, -0.25) is 14.4 Å². The van der Waals surface area contributed by atoms with E-state index in [-0.39, 0.29) is 12.4 Å². The fraction of sp³-hybridized carbons (Fsp3) is 0.217. The Hall–Kier alpha value is -2.79. The summed E-state index contributed by atoms with van der Waals surface area (Å²) in [6.07, 6.45) is 6.04. The molecule has 0 N–H and O–H groups in total. The number of carbonyl (C=O) groups is 1. The van der Waals surface area contributed by atoms with Gasteiger partial charge in [0.1, 0.15) is 6.04 Å². The number of rotatable bonds is 6. The standard InChI is InChI=1S/C23H18Cl2N4O2S/c1-3-12-32-23-28-27-22-18(9-11-20(30)31-2)26-21(15-6-4-5-7-17(15)25)16-13-14(24)8-10-19(16)29(22)23/h1,4-8,10,13,18H,9,11-12H2,2H3/t18-/m0/s1. The number of terminal acetylenes is 1. The molecule has 1 atom stereocenters. The number of esters is 1. The van der Waals surface area contributed by atoms with Gasteiger partial charge < -0.3 is 4.74 Å². The fourth-order valence-electron chi connectivity index (χ4n) is 3.52. The summed E-state index contributed by atoms with van der Waals surface area (Å²) in [5, 5.41) is 10.5. The average Bonchev–Trinajstić information content (AvgIpc) is 3.16. The predicted octanol–water partition coefficient (Wildman–Crippen LogP) is 5.14. The van der Waals surface area contributed by atoms with E-state index in [1.807, 2.05) is 41.0 Å². The minimum atomic E-state index is -0.459. The second-order valence-electron chi connectivity index (χ2n) is 6.92. The Morgan fingerprint density at radius 3 is 2.78 bits per heavy atom. The molecule has 3 aromatic rings. The first-order valence-corrected chi connectivity index (χ1v) is 11.5. The maximum atomic E-state index is 11.9. The molecule has 0 amide bonds. The van der Waals surface area contributed by atoms with Gasteiger partial charge in [-0.2, -0.15) is 0 Å². The second kappa shape index (κ2) is 9.78. The smallest absolute Gasteiger partial charge is 0.305 e. The van der Waals surface area contributed by atoms with Crippen LogP contribution >= 0.6 is 35.0 Å². The molecule has 0 saturated heterocycles. The summed E-state index contributed by atoms with van der Waals surface area (Å²) in [6, 6.07) is 12.6. The van der Waals surface area contributed by atoms with Gasteiger partial charge in [-0.25, -0.2) is 0 Å². The van der Waals surface area contributed by atoms with Crippen LogP contribution in [0.5, 0.6) is 0 Å². The van der Waals surface area contributed by atoms with Crippen molar-refractivity contribution in [2.45, 2.75) is 24.0 Å². The Bertz CT molecular complexity index is 1250. The maximum absolute atomic E-state index is 11.9. The SMILES string of the molecule is C#CCSc1nnc2n1-c1ccc(Cl)cc1C(c1ccccc1Cl)=N[C@H]2CCC(=O)OC. The zero-order chi connectivity index (χ0) is 22.7. The van der Waals surface area contributed by atoms with E-state index < -0.39 is 6.04 Å². The lowest BCUT2D eigenvalue weighted by molar-refractivity contribution is -0.140. The van der Waals surface area contributed by atoms with Crippen LogP contribution in [0.15, 0.2) is 52.6 Å². The van der Waals surface area contributed by atoms with E-state index in [0.29, 0.717) is 38.9 Å². The van der Waals surface area contributed by atoms with Crippen LogP contribution in [0.1, 0.15) is 35.8 Å². The van der Waals surface area contributed by atoms with Gasteiger partial charge in [-0.05, 0) is 30.7 Å². The lowest BCUT2D eigenvalue weighted by Gasteiger charge is -2.14. The highest BCUT2D eigenvalue weighted by molar-refractivity contribution is 7.99. The molecule has 0 saturated carbocycles. The Balaban J connectivity index is 1.95. The molecule has 1 aliphatic rings. The van der Waals surface area contributed by atoms with E-state index in [1.54, 1.807) is 6.07 Å². The van der Waals surface area contributed by atoms with Crippen LogP contribution in [0.4, 0.5) is 0 Å². The van der Waals surface area contributed by atoms with Crippen molar-refractivity contribution in [2.24, 2.45) is 4.99 Å². The highest BCUT2D eigenvalue weighted by Gasteiger charge is 2.30. The number of fused-ring (bicyclic) bond motifs is 3. The van der Waals surface area contributed by atoms with Crippen molar-refractivity contribution in [1.82, 2.24) is 14.8 Å². The van der Waals surface area contributed by atoms with E-state index in [4.69, 9.17) is 39.4 Å². The molecule has 6 nitrogen and oxygen atoms in total. The van der Waals surface area contributed by atoms with Gasteiger partial charge in [-0.15, -0.1) is 16.6 Å². The predicted molar refractivity (Wildman–Crippen MR) is 127 cm³/mol. The number of benzene rings is 2. The third-order valence-corrected chi connectivity index (χ3v) is 6.36. The molecule has 0 bridgehead atoms. The Kier molecular flexibility index (Phi) is 6.85. The highest BCUT2D eigenvalue weighted by atomic mass is 35.5. The summed E-state index contributed by atoms with van der Waals surface area (Å²) in [5.74, 6) is 3.34. The number of carbonyl (C=O) groups excluding carboxylic acids is 1. The van der Waals surface area contributed by atoms with E-state index in [1.165, 1.54) is 18.9 Å². The number of methoxy groups -OCH3 is 1. The molecule has 2 heterocycles. The summed E-state index contributed by atoms with van der Waals surface area (Å²) in [6.45, 7) is 0. The number of hydrogen-bond donors (Lipinski definition) is 0. The summed E-state index contributed by atoms with van der Waals surface area (Å²) >= 11 is 14.3. The van der Waals surface area contributed by atoms with Crippen molar-refractivity contribution < 1.29 is 9.53 Å². The summed E-state index contributed by atoms with van der Waals surface area (Å²) in [4.78, 5) is 16.9. The first-order valence-electron chi connectivity index (χ1n) is 9.75. The van der Waals surface area contributed by atoms with Crippen molar-refractivity contribution in [2.75, 3.05) is 12.9 Å². The molecule has 9 heteroatoms. The van der Waals surface area contributed by atoms with Gasteiger partial charge in [0.05, 0.1) is 24.3 Å². The van der Waals surface area contributed by atoms with Crippen LogP contribution in [-0.4, -0.2) is 39.3 Å². The average molecular weight is 485 g/mol. The number of ether oxygens (including phenoxy) is 1. The van der Waals surface area contributed by atoms with Gasteiger partial charge in [0.2, 0.25) is 0 Å². The Morgan fingerprint density at radius 2 is 2.03 bits per heavy atom. The molecule has 162 valence electrons. The summed E-state index contributed by atoms with van der Waals surface area (Å²) in [7, 11) is 1.36. The molecule has 0 unspecified atom stereocenters. The van der Waals surface area contributed by atoms with Crippen molar-refractivity contribution >= 4 is 46.6 Å². The zero-order valence-electron chi connectivity index (χ0n) is 17.1. The molecule has 1 aromatic heterocycles. The first-order chi connectivity index (χ1) is 15.5. The number of aromatic nitrogens is 3.